The molecular formula is C20H25ClN2O4S. The van der Waals surface area contributed by atoms with Crippen LogP contribution in [0.25, 0.3) is 0 Å². The highest BCUT2D eigenvalue weighted by Crippen LogP contribution is 2.27. The molecule has 28 heavy (non-hydrogen) atoms. The van der Waals surface area contributed by atoms with Gasteiger partial charge in [-0.3, -0.25) is 4.79 Å². The van der Waals surface area contributed by atoms with Gasteiger partial charge >= 0.3 is 0 Å². The van der Waals surface area contributed by atoms with E-state index in [0.29, 0.717) is 18.8 Å². The molecule has 0 aliphatic rings. The molecule has 1 amide bonds. The summed E-state index contributed by atoms with van der Waals surface area (Å²) in [5.41, 5.74) is 2.26. The van der Waals surface area contributed by atoms with Crippen LogP contribution in [-0.4, -0.2) is 38.3 Å². The molecule has 2 aromatic carbocycles. The Kier molecular flexibility index (Phi) is 7.46. The Balaban J connectivity index is 2.14. The second kappa shape index (κ2) is 9.41. The summed E-state index contributed by atoms with van der Waals surface area (Å²) in [6, 6.07) is 9.92. The minimum absolute atomic E-state index is 0.0752. The van der Waals surface area contributed by atoms with Crippen LogP contribution in [-0.2, 0) is 14.8 Å². The summed E-state index contributed by atoms with van der Waals surface area (Å²) in [6.45, 7) is 7.91. The molecule has 2 aromatic rings. The van der Waals surface area contributed by atoms with Crippen molar-refractivity contribution in [1.29, 1.82) is 0 Å². The van der Waals surface area contributed by atoms with Crippen LogP contribution in [0, 0.1) is 13.8 Å². The number of amides is 1. The number of hydrogen-bond donors (Lipinski definition) is 1. The molecular weight excluding hydrogens is 400 g/mol. The number of nitrogens with zero attached hydrogens (tertiary/aromatic N) is 1. The lowest BCUT2D eigenvalue weighted by Crippen LogP contribution is -2.30. The van der Waals surface area contributed by atoms with Crippen molar-refractivity contribution in [2.75, 3.05) is 25.0 Å². The summed E-state index contributed by atoms with van der Waals surface area (Å²) in [4.78, 5) is 12.3. The molecule has 0 saturated heterocycles. The van der Waals surface area contributed by atoms with Gasteiger partial charge in [-0.05, 0) is 43.7 Å². The summed E-state index contributed by atoms with van der Waals surface area (Å²) < 4.78 is 32.2. The van der Waals surface area contributed by atoms with Gasteiger partial charge in [-0.15, -0.1) is 0 Å². The number of benzene rings is 2. The summed E-state index contributed by atoms with van der Waals surface area (Å²) in [5, 5.41) is 2.87. The van der Waals surface area contributed by atoms with E-state index in [2.05, 4.69) is 5.32 Å². The van der Waals surface area contributed by atoms with Gasteiger partial charge in [0.25, 0.3) is 5.91 Å². The third-order valence-corrected chi connectivity index (χ3v) is 6.62. The molecule has 0 bridgehead atoms. The molecule has 0 aliphatic heterocycles. The van der Waals surface area contributed by atoms with E-state index < -0.39 is 15.9 Å². The summed E-state index contributed by atoms with van der Waals surface area (Å²) >= 11 is 6.13. The SMILES string of the molecule is CCN(CC)S(=O)(=O)c1ccc(Cl)c(NC(=O)COc2ccc(C)cc2C)c1. The Hall–Kier alpha value is -2.09. The molecule has 0 spiro atoms. The Bertz CT molecular complexity index is 957. The third kappa shape index (κ3) is 5.25. The number of hydrogen-bond acceptors (Lipinski definition) is 4. The number of anilines is 1. The molecule has 0 fully saturated rings. The molecule has 0 radical (unpaired) electrons. The van der Waals surface area contributed by atoms with Gasteiger partial charge < -0.3 is 10.1 Å². The zero-order valence-electron chi connectivity index (χ0n) is 16.5. The number of aryl methyl sites for hydroxylation is 2. The quantitative estimate of drug-likeness (QED) is 0.694. The monoisotopic (exact) mass is 424 g/mol. The molecule has 0 saturated carbocycles. The fraction of sp³-hybridized carbons (Fsp3) is 0.350. The van der Waals surface area contributed by atoms with E-state index in [0.717, 1.165) is 11.1 Å². The van der Waals surface area contributed by atoms with Crippen LogP contribution < -0.4 is 10.1 Å². The van der Waals surface area contributed by atoms with Crippen molar-refractivity contribution in [3.63, 3.8) is 0 Å². The second-order valence-corrected chi connectivity index (χ2v) is 8.68. The lowest BCUT2D eigenvalue weighted by atomic mass is 10.1. The number of carbonyl (C=O) groups excluding carboxylic acids is 1. The Morgan fingerprint density at radius 2 is 1.79 bits per heavy atom. The highest BCUT2D eigenvalue weighted by molar-refractivity contribution is 7.89. The van der Waals surface area contributed by atoms with Crippen LogP contribution in [0.2, 0.25) is 5.02 Å². The Labute approximate surface area is 171 Å². The Morgan fingerprint density at radius 1 is 1.11 bits per heavy atom. The highest BCUT2D eigenvalue weighted by Gasteiger charge is 2.22. The lowest BCUT2D eigenvalue weighted by Gasteiger charge is -2.19. The maximum Gasteiger partial charge on any atom is 0.262 e. The van der Waals surface area contributed by atoms with Crippen molar-refractivity contribution < 1.29 is 17.9 Å². The van der Waals surface area contributed by atoms with Gasteiger partial charge in [-0.2, -0.15) is 4.31 Å². The van der Waals surface area contributed by atoms with Crippen LogP contribution in [0.5, 0.6) is 5.75 Å². The van der Waals surface area contributed by atoms with Gasteiger partial charge in [-0.1, -0.05) is 43.1 Å². The molecule has 0 atom stereocenters. The van der Waals surface area contributed by atoms with Crippen LogP contribution >= 0.6 is 11.6 Å². The molecule has 8 heteroatoms. The molecule has 152 valence electrons. The summed E-state index contributed by atoms with van der Waals surface area (Å²) in [7, 11) is -3.65. The normalized spacial score (nSPS) is 11.5. The topological polar surface area (TPSA) is 75.7 Å². The lowest BCUT2D eigenvalue weighted by molar-refractivity contribution is -0.118. The average molecular weight is 425 g/mol. The van der Waals surface area contributed by atoms with E-state index in [-0.39, 0.29) is 22.2 Å². The van der Waals surface area contributed by atoms with E-state index in [1.54, 1.807) is 13.8 Å². The van der Waals surface area contributed by atoms with Gasteiger partial charge in [0.2, 0.25) is 10.0 Å². The van der Waals surface area contributed by atoms with Crippen molar-refractivity contribution in [2.45, 2.75) is 32.6 Å². The zero-order chi connectivity index (χ0) is 20.9. The van der Waals surface area contributed by atoms with Crippen molar-refractivity contribution in [3.05, 3.63) is 52.5 Å². The van der Waals surface area contributed by atoms with Gasteiger partial charge in [0, 0.05) is 13.1 Å². The minimum atomic E-state index is -3.65. The largest absolute Gasteiger partial charge is 0.483 e. The average Bonchev–Trinajstić information content (AvgIpc) is 2.63. The first-order valence-electron chi connectivity index (χ1n) is 8.98. The van der Waals surface area contributed by atoms with Gasteiger partial charge in [0.1, 0.15) is 5.75 Å². The third-order valence-electron chi connectivity index (χ3n) is 4.24. The van der Waals surface area contributed by atoms with E-state index in [9.17, 15) is 13.2 Å². The van der Waals surface area contributed by atoms with Crippen LogP contribution in [0.15, 0.2) is 41.3 Å². The van der Waals surface area contributed by atoms with Gasteiger partial charge in [0.15, 0.2) is 6.61 Å². The maximum absolute atomic E-state index is 12.7. The first-order valence-corrected chi connectivity index (χ1v) is 10.8. The van der Waals surface area contributed by atoms with E-state index in [1.807, 2.05) is 32.0 Å². The number of ether oxygens (including phenoxy) is 1. The fourth-order valence-corrected chi connectivity index (χ4v) is 4.41. The van der Waals surface area contributed by atoms with Crippen molar-refractivity contribution >= 4 is 33.2 Å². The fourth-order valence-electron chi connectivity index (χ4n) is 2.76. The predicted molar refractivity (Wildman–Crippen MR) is 112 cm³/mol. The molecule has 1 N–H and O–H groups in total. The minimum Gasteiger partial charge on any atom is -0.483 e. The van der Waals surface area contributed by atoms with Gasteiger partial charge in [0.05, 0.1) is 15.6 Å². The molecule has 0 unspecified atom stereocenters. The van der Waals surface area contributed by atoms with Gasteiger partial charge in [-0.25, -0.2) is 8.42 Å². The number of carbonyl (C=O) groups is 1. The number of halogens is 1. The smallest absolute Gasteiger partial charge is 0.262 e. The first kappa shape index (κ1) is 22.2. The van der Waals surface area contributed by atoms with Crippen LogP contribution in [0.3, 0.4) is 0 Å². The molecule has 2 rings (SSSR count). The number of sulfonamides is 1. The second-order valence-electron chi connectivity index (χ2n) is 6.34. The molecule has 0 aliphatic carbocycles. The molecule has 0 heterocycles. The number of rotatable bonds is 8. The number of nitrogens with one attached hydrogen (secondary N) is 1. The zero-order valence-corrected chi connectivity index (χ0v) is 18.0. The van der Waals surface area contributed by atoms with E-state index in [1.165, 1.54) is 22.5 Å². The van der Waals surface area contributed by atoms with Crippen LogP contribution in [0.4, 0.5) is 5.69 Å². The molecule has 6 nitrogen and oxygen atoms in total. The Morgan fingerprint density at radius 3 is 2.39 bits per heavy atom. The van der Waals surface area contributed by atoms with E-state index in [4.69, 9.17) is 16.3 Å². The first-order chi connectivity index (χ1) is 13.2. The highest BCUT2D eigenvalue weighted by atomic mass is 35.5. The summed E-state index contributed by atoms with van der Waals surface area (Å²) in [6.07, 6.45) is 0. The van der Waals surface area contributed by atoms with Crippen LogP contribution in [0.1, 0.15) is 25.0 Å². The van der Waals surface area contributed by atoms with E-state index >= 15 is 0 Å². The van der Waals surface area contributed by atoms with Crippen molar-refractivity contribution in [2.24, 2.45) is 0 Å². The predicted octanol–water partition coefficient (Wildman–Crippen LogP) is 4.00. The van der Waals surface area contributed by atoms with Crippen molar-refractivity contribution in [1.82, 2.24) is 4.31 Å². The molecule has 0 aromatic heterocycles. The maximum atomic E-state index is 12.7. The standard InChI is InChI=1S/C20H25ClN2O4S/c1-5-23(6-2)28(25,26)16-8-9-17(21)18(12-16)22-20(24)13-27-19-10-7-14(3)11-15(19)4/h7-12H,5-6,13H2,1-4H3,(H,22,24). The van der Waals surface area contributed by atoms with Crippen molar-refractivity contribution in [3.8, 4) is 5.75 Å². The summed E-state index contributed by atoms with van der Waals surface area (Å²) in [5.74, 6) is 0.184.